The molecule has 0 unspecified atom stereocenters. The first-order valence-corrected chi connectivity index (χ1v) is 13.9. The Balaban J connectivity index is 1.05. The molecule has 1 fully saturated rings. The molecule has 3 aromatic carbocycles. The average Bonchev–Trinajstić information content (AvgIpc) is 3.48. The summed E-state index contributed by atoms with van der Waals surface area (Å²) in [6.45, 7) is 3.96. The molecule has 2 aromatic heterocycles. The Morgan fingerprint density at radius 2 is 1.69 bits per heavy atom. The first kappa shape index (κ1) is 27.2. The number of hydrogen-bond acceptors (Lipinski definition) is 7. The number of benzene rings is 3. The number of aromatic nitrogens is 3. The molecule has 42 heavy (non-hydrogen) atoms. The van der Waals surface area contributed by atoms with E-state index in [1.165, 1.54) is 7.11 Å². The number of imidazole rings is 1. The fourth-order valence-corrected chi connectivity index (χ4v) is 5.10. The number of fused-ring (bicyclic) bond motifs is 1. The van der Waals surface area contributed by atoms with Crippen LogP contribution in [-0.2, 0) is 17.9 Å². The summed E-state index contributed by atoms with van der Waals surface area (Å²) >= 11 is 0. The van der Waals surface area contributed by atoms with Crippen LogP contribution in [0.4, 0.5) is 0 Å². The summed E-state index contributed by atoms with van der Waals surface area (Å²) in [7, 11) is 1.37. The summed E-state index contributed by atoms with van der Waals surface area (Å²) in [5.74, 6) is 1.22. The van der Waals surface area contributed by atoms with Crippen molar-refractivity contribution < 1.29 is 19.1 Å². The number of ether oxygens (including phenoxy) is 2. The molecule has 1 N–H and O–H groups in total. The highest BCUT2D eigenvalue weighted by Gasteiger charge is 2.23. The third kappa shape index (κ3) is 6.01. The van der Waals surface area contributed by atoms with Crippen LogP contribution in [0.5, 0.6) is 5.75 Å². The summed E-state index contributed by atoms with van der Waals surface area (Å²) in [4.78, 5) is 41.4. The van der Waals surface area contributed by atoms with Gasteiger partial charge in [-0.25, -0.2) is 9.78 Å². The number of piperazine rings is 1. The second kappa shape index (κ2) is 12.2. The van der Waals surface area contributed by atoms with E-state index in [4.69, 9.17) is 9.47 Å². The molecule has 1 aliphatic heterocycles. The van der Waals surface area contributed by atoms with Crippen LogP contribution in [-0.4, -0.2) is 69.9 Å². The molecule has 0 spiro atoms. The number of H-pyrrole nitrogens is 1. The Morgan fingerprint density at radius 3 is 2.45 bits per heavy atom. The Kier molecular flexibility index (Phi) is 7.91. The van der Waals surface area contributed by atoms with Gasteiger partial charge in [-0.1, -0.05) is 30.3 Å². The van der Waals surface area contributed by atoms with Crippen molar-refractivity contribution in [3.05, 3.63) is 114 Å². The summed E-state index contributed by atoms with van der Waals surface area (Å²) in [5, 5.41) is 0. The number of para-hydroxylation sites is 1. The monoisotopic (exact) mass is 561 g/mol. The third-order valence-corrected chi connectivity index (χ3v) is 7.46. The SMILES string of the molecule is COC(=O)c1ccc(COc2ccccc2CN2CCN(C(=O)c3ccc4[nH]c(-c5cccnc5)nc4c3)CC2)cc1. The van der Waals surface area contributed by atoms with Gasteiger partial charge in [-0.15, -0.1) is 0 Å². The number of rotatable bonds is 8. The molecule has 1 aliphatic rings. The fraction of sp³-hybridized carbons (Fsp3) is 0.212. The van der Waals surface area contributed by atoms with Gasteiger partial charge in [-0.05, 0) is 54.1 Å². The van der Waals surface area contributed by atoms with Crippen molar-refractivity contribution in [2.75, 3.05) is 33.3 Å². The van der Waals surface area contributed by atoms with Crippen molar-refractivity contribution in [2.45, 2.75) is 13.2 Å². The Morgan fingerprint density at radius 1 is 0.905 bits per heavy atom. The normalized spacial score (nSPS) is 13.7. The highest BCUT2D eigenvalue weighted by molar-refractivity contribution is 5.97. The molecule has 0 bridgehead atoms. The lowest BCUT2D eigenvalue weighted by atomic mass is 10.1. The number of aromatic amines is 1. The Labute approximate surface area is 243 Å². The highest BCUT2D eigenvalue weighted by Crippen LogP contribution is 2.24. The summed E-state index contributed by atoms with van der Waals surface area (Å²) in [6, 6.07) is 24.7. The maximum absolute atomic E-state index is 13.3. The largest absolute Gasteiger partial charge is 0.489 e. The number of nitrogens with one attached hydrogen (secondary N) is 1. The zero-order valence-corrected chi connectivity index (χ0v) is 23.3. The predicted molar refractivity (Wildman–Crippen MR) is 159 cm³/mol. The minimum atomic E-state index is -0.358. The van der Waals surface area contributed by atoms with Crippen LogP contribution in [0.3, 0.4) is 0 Å². The average molecular weight is 562 g/mol. The van der Waals surface area contributed by atoms with Crippen molar-refractivity contribution in [1.82, 2.24) is 24.8 Å². The number of amides is 1. The standard InChI is InChI=1S/C33H31N5O4/c1-41-33(40)24-10-8-23(9-11-24)22-42-30-7-3-2-5-27(30)21-37-15-17-38(18-16-37)32(39)25-12-13-28-29(19-25)36-31(35-28)26-6-4-14-34-20-26/h2-14,19-20H,15-18,21-22H2,1H3,(H,35,36). The van der Waals surface area contributed by atoms with Crippen molar-refractivity contribution in [2.24, 2.45) is 0 Å². The van der Waals surface area contributed by atoms with E-state index < -0.39 is 0 Å². The van der Waals surface area contributed by atoms with Crippen LogP contribution in [0.15, 0.2) is 91.3 Å². The van der Waals surface area contributed by atoms with Crippen molar-refractivity contribution >= 4 is 22.9 Å². The van der Waals surface area contributed by atoms with E-state index in [-0.39, 0.29) is 11.9 Å². The van der Waals surface area contributed by atoms with E-state index in [2.05, 4.69) is 25.9 Å². The molecule has 9 nitrogen and oxygen atoms in total. The van der Waals surface area contributed by atoms with Crippen LogP contribution in [0, 0.1) is 0 Å². The second-order valence-electron chi connectivity index (χ2n) is 10.2. The van der Waals surface area contributed by atoms with E-state index >= 15 is 0 Å². The van der Waals surface area contributed by atoms with Gasteiger partial charge in [0.15, 0.2) is 0 Å². The van der Waals surface area contributed by atoms with Gasteiger partial charge in [0.05, 0.1) is 23.7 Å². The van der Waals surface area contributed by atoms with Gasteiger partial charge in [0.25, 0.3) is 5.91 Å². The minimum absolute atomic E-state index is 0.0180. The summed E-state index contributed by atoms with van der Waals surface area (Å²) in [6.07, 6.45) is 3.49. The highest BCUT2D eigenvalue weighted by atomic mass is 16.5. The summed E-state index contributed by atoms with van der Waals surface area (Å²) in [5.41, 5.74) is 5.75. The molecule has 0 saturated carbocycles. The maximum Gasteiger partial charge on any atom is 0.337 e. The zero-order chi connectivity index (χ0) is 28.9. The van der Waals surface area contributed by atoms with Gasteiger partial charge in [0, 0.05) is 61.8 Å². The lowest BCUT2D eigenvalue weighted by molar-refractivity contribution is 0.0598. The number of carbonyl (C=O) groups is 2. The molecule has 0 radical (unpaired) electrons. The van der Waals surface area contributed by atoms with E-state index in [0.717, 1.165) is 58.9 Å². The van der Waals surface area contributed by atoms with Gasteiger partial charge in [-0.2, -0.15) is 0 Å². The second-order valence-corrected chi connectivity index (χ2v) is 10.2. The Bertz CT molecular complexity index is 1690. The molecule has 9 heteroatoms. The number of carbonyl (C=O) groups excluding carboxylic acids is 2. The molecule has 3 heterocycles. The van der Waals surface area contributed by atoms with E-state index in [1.807, 2.05) is 65.6 Å². The van der Waals surface area contributed by atoms with Crippen LogP contribution in [0.1, 0.15) is 31.8 Å². The van der Waals surface area contributed by atoms with Crippen molar-refractivity contribution in [3.63, 3.8) is 0 Å². The first-order valence-electron chi connectivity index (χ1n) is 13.9. The number of nitrogens with zero attached hydrogens (tertiary/aromatic N) is 4. The number of methoxy groups -OCH3 is 1. The molecule has 0 aliphatic carbocycles. The van der Waals surface area contributed by atoms with Gasteiger partial charge >= 0.3 is 5.97 Å². The molecular weight excluding hydrogens is 530 g/mol. The maximum atomic E-state index is 13.3. The lowest BCUT2D eigenvalue weighted by Crippen LogP contribution is -2.48. The van der Waals surface area contributed by atoms with E-state index in [0.29, 0.717) is 30.8 Å². The van der Waals surface area contributed by atoms with E-state index in [9.17, 15) is 9.59 Å². The van der Waals surface area contributed by atoms with Crippen LogP contribution >= 0.6 is 0 Å². The smallest absolute Gasteiger partial charge is 0.337 e. The lowest BCUT2D eigenvalue weighted by Gasteiger charge is -2.35. The fourth-order valence-electron chi connectivity index (χ4n) is 5.10. The number of hydrogen-bond donors (Lipinski definition) is 1. The molecule has 6 rings (SSSR count). The zero-order valence-electron chi connectivity index (χ0n) is 23.3. The third-order valence-electron chi connectivity index (χ3n) is 7.46. The molecular formula is C33H31N5O4. The van der Waals surface area contributed by atoms with Crippen LogP contribution < -0.4 is 4.74 Å². The van der Waals surface area contributed by atoms with Gasteiger partial charge in [0.2, 0.25) is 0 Å². The van der Waals surface area contributed by atoms with Crippen molar-refractivity contribution in [3.8, 4) is 17.1 Å². The minimum Gasteiger partial charge on any atom is -0.489 e. The van der Waals surface area contributed by atoms with Crippen LogP contribution in [0.2, 0.25) is 0 Å². The first-order chi connectivity index (χ1) is 20.6. The quantitative estimate of drug-likeness (QED) is 0.268. The van der Waals surface area contributed by atoms with Crippen LogP contribution in [0.25, 0.3) is 22.4 Å². The molecule has 0 atom stereocenters. The summed E-state index contributed by atoms with van der Waals surface area (Å²) < 4.78 is 10.9. The molecule has 212 valence electrons. The number of esters is 1. The molecule has 1 saturated heterocycles. The molecule has 1 amide bonds. The number of pyridine rings is 1. The van der Waals surface area contributed by atoms with Gasteiger partial charge in [-0.3, -0.25) is 14.7 Å². The Hall–Kier alpha value is -5.02. The topological polar surface area (TPSA) is 101 Å². The predicted octanol–water partition coefficient (Wildman–Crippen LogP) is 4.95. The van der Waals surface area contributed by atoms with Gasteiger partial charge in [0.1, 0.15) is 18.2 Å². The van der Waals surface area contributed by atoms with E-state index in [1.54, 1.807) is 24.5 Å². The van der Waals surface area contributed by atoms with Gasteiger partial charge < -0.3 is 19.4 Å². The van der Waals surface area contributed by atoms with Crippen molar-refractivity contribution in [1.29, 1.82) is 0 Å². The molecule has 5 aromatic rings.